The molecule has 126 valence electrons. The Hall–Kier alpha value is -1.78. The quantitative estimate of drug-likeness (QED) is 0.718. The Morgan fingerprint density at radius 2 is 2.00 bits per heavy atom. The Labute approximate surface area is 153 Å². The standard InChI is InChI=1S/C19H21ClN2OS/c1-12-8-9-13-16(11-19(2,3)23-17(13)10-12)22-18(24)21-15-7-5-4-6-14(15)20/h4-10,16H,11H2,1-3H3,(H2,21,22,24)/t16-/m1/s1. The largest absolute Gasteiger partial charge is 0.487 e. The molecule has 3 nitrogen and oxygen atoms in total. The molecule has 0 spiro atoms. The number of fused-ring (bicyclic) bond motifs is 1. The monoisotopic (exact) mass is 360 g/mol. The number of halogens is 1. The number of aryl methyl sites for hydroxylation is 1. The lowest BCUT2D eigenvalue weighted by atomic mass is 9.89. The SMILES string of the molecule is Cc1ccc2c(c1)OC(C)(C)C[C@H]2NC(=S)Nc1ccccc1Cl. The first-order chi connectivity index (χ1) is 11.3. The second kappa shape index (κ2) is 6.61. The van der Waals surface area contributed by atoms with E-state index in [1.165, 1.54) is 5.56 Å². The maximum atomic E-state index is 6.18. The third-order valence-electron chi connectivity index (χ3n) is 4.05. The van der Waals surface area contributed by atoms with Gasteiger partial charge in [0, 0.05) is 12.0 Å². The van der Waals surface area contributed by atoms with Gasteiger partial charge in [-0.1, -0.05) is 35.9 Å². The number of benzene rings is 2. The van der Waals surface area contributed by atoms with Gasteiger partial charge in [0.25, 0.3) is 0 Å². The summed E-state index contributed by atoms with van der Waals surface area (Å²) in [6.45, 7) is 6.26. The van der Waals surface area contributed by atoms with Gasteiger partial charge in [-0.2, -0.15) is 0 Å². The number of ether oxygens (including phenoxy) is 1. The van der Waals surface area contributed by atoms with Crippen molar-refractivity contribution < 1.29 is 4.74 Å². The molecular weight excluding hydrogens is 340 g/mol. The number of para-hydroxylation sites is 1. The average molecular weight is 361 g/mol. The van der Waals surface area contributed by atoms with Crippen molar-refractivity contribution in [2.75, 3.05) is 5.32 Å². The highest BCUT2D eigenvalue weighted by Gasteiger charge is 2.34. The Bertz CT molecular complexity index is 776. The first-order valence-corrected chi connectivity index (χ1v) is 8.74. The van der Waals surface area contributed by atoms with Crippen LogP contribution in [0.4, 0.5) is 5.69 Å². The van der Waals surface area contributed by atoms with Crippen LogP contribution in [0, 0.1) is 6.92 Å². The minimum Gasteiger partial charge on any atom is -0.487 e. The second-order valence-corrected chi connectivity index (χ2v) is 7.55. The molecule has 2 aromatic carbocycles. The number of rotatable bonds is 2. The van der Waals surface area contributed by atoms with Crippen molar-refractivity contribution >= 4 is 34.6 Å². The van der Waals surface area contributed by atoms with Crippen LogP contribution in [0.3, 0.4) is 0 Å². The minimum absolute atomic E-state index is 0.0897. The van der Waals surface area contributed by atoms with Gasteiger partial charge in [-0.15, -0.1) is 0 Å². The van der Waals surface area contributed by atoms with E-state index in [4.69, 9.17) is 28.6 Å². The van der Waals surface area contributed by atoms with E-state index in [1.807, 2.05) is 24.3 Å². The summed E-state index contributed by atoms with van der Waals surface area (Å²) >= 11 is 11.7. The summed E-state index contributed by atoms with van der Waals surface area (Å²) in [6, 6.07) is 13.9. The van der Waals surface area contributed by atoms with Crippen LogP contribution in [-0.2, 0) is 0 Å². The van der Waals surface area contributed by atoms with E-state index < -0.39 is 0 Å². The van der Waals surface area contributed by atoms with Crippen molar-refractivity contribution in [3.05, 3.63) is 58.6 Å². The van der Waals surface area contributed by atoms with Crippen molar-refractivity contribution in [2.45, 2.75) is 38.8 Å². The first-order valence-electron chi connectivity index (χ1n) is 7.96. The summed E-state index contributed by atoms with van der Waals surface area (Å²) < 4.78 is 6.12. The molecule has 0 aromatic heterocycles. The van der Waals surface area contributed by atoms with E-state index >= 15 is 0 Å². The molecule has 3 rings (SSSR count). The summed E-state index contributed by atoms with van der Waals surface area (Å²) in [5.74, 6) is 0.921. The van der Waals surface area contributed by atoms with Gasteiger partial charge in [-0.3, -0.25) is 0 Å². The van der Waals surface area contributed by atoms with Gasteiger partial charge in [0.2, 0.25) is 0 Å². The second-order valence-electron chi connectivity index (χ2n) is 6.74. The summed E-state index contributed by atoms with van der Waals surface area (Å²) in [4.78, 5) is 0. The lowest BCUT2D eigenvalue weighted by molar-refractivity contribution is 0.0696. The van der Waals surface area contributed by atoms with Crippen molar-refractivity contribution in [3.63, 3.8) is 0 Å². The van der Waals surface area contributed by atoms with Gasteiger partial charge in [-0.05, 0) is 56.8 Å². The lowest BCUT2D eigenvalue weighted by Gasteiger charge is -2.38. The van der Waals surface area contributed by atoms with Crippen LogP contribution < -0.4 is 15.4 Å². The third-order valence-corrected chi connectivity index (χ3v) is 4.60. The molecule has 2 aromatic rings. The molecule has 0 fully saturated rings. The van der Waals surface area contributed by atoms with Crippen molar-refractivity contribution in [2.24, 2.45) is 0 Å². The molecule has 0 unspecified atom stereocenters. The highest BCUT2D eigenvalue weighted by molar-refractivity contribution is 7.80. The van der Waals surface area contributed by atoms with Crippen LogP contribution in [-0.4, -0.2) is 10.7 Å². The Kier molecular flexibility index (Phi) is 4.70. The molecule has 0 bridgehead atoms. The maximum Gasteiger partial charge on any atom is 0.171 e. The fourth-order valence-electron chi connectivity index (χ4n) is 2.97. The summed E-state index contributed by atoms with van der Waals surface area (Å²) in [5, 5.41) is 7.78. The molecule has 2 N–H and O–H groups in total. The average Bonchev–Trinajstić information content (AvgIpc) is 2.48. The first kappa shape index (κ1) is 17.1. The predicted octanol–water partition coefficient (Wildman–Crippen LogP) is 5.24. The maximum absolute atomic E-state index is 6.18. The molecule has 1 heterocycles. The van der Waals surface area contributed by atoms with Gasteiger partial charge in [0.15, 0.2) is 5.11 Å². The Balaban J connectivity index is 1.79. The van der Waals surface area contributed by atoms with E-state index in [0.29, 0.717) is 10.1 Å². The van der Waals surface area contributed by atoms with Crippen molar-refractivity contribution in [1.82, 2.24) is 5.32 Å². The molecular formula is C19H21ClN2OS. The number of hydrogen-bond acceptors (Lipinski definition) is 2. The van der Waals surface area contributed by atoms with Gasteiger partial charge >= 0.3 is 0 Å². The zero-order chi connectivity index (χ0) is 17.3. The predicted molar refractivity (Wildman–Crippen MR) is 104 cm³/mol. The van der Waals surface area contributed by atoms with Crippen molar-refractivity contribution in [3.8, 4) is 5.75 Å². The molecule has 1 aliphatic rings. The van der Waals surface area contributed by atoms with Crippen LogP contribution >= 0.6 is 23.8 Å². The highest BCUT2D eigenvalue weighted by Crippen LogP contribution is 2.40. The topological polar surface area (TPSA) is 33.3 Å². The normalized spacial score (nSPS) is 18.2. The number of hydrogen-bond donors (Lipinski definition) is 2. The van der Waals surface area contributed by atoms with Gasteiger partial charge < -0.3 is 15.4 Å². The smallest absolute Gasteiger partial charge is 0.171 e. The van der Waals surface area contributed by atoms with Crippen LogP contribution in [0.25, 0.3) is 0 Å². The Morgan fingerprint density at radius 3 is 2.75 bits per heavy atom. The zero-order valence-corrected chi connectivity index (χ0v) is 15.6. The molecule has 24 heavy (non-hydrogen) atoms. The fraction of sp³-hybridized carbons (Fsp3) is 0.316. The van der Waals surface area contributed by atoms with Gasteiger partial charge in [0.1, 0.15) is 11.4 Å². The summed E-state index contributed by atoms with van der Waals surface area (Å²) in [7, 11) is 0. The van der Waals surface area contributed by atoms with Crippen LogP contribution in [0.5, 0.6) is 5.75 Å². The molecule has 1 atom stereocenters. The molecule has 1 aliphatic heterocycles. The molecule has 0 radical (unpaired) electrons. The van der Waals surface area contributed by atoms with E-state index in [-0.39, 0.29) is 11.6 Å². The van der Waals surface area contributed by atoms with Gasteiger partial charge in [0.05, 0.1) is 16.8 Å². The van der Waals surface area contributed by atoms with E-state index in [0.717, 1.165) is 23.4 Å². The summed E-state index contributed by atoms with van der Waals surface area (Å²) in [5.41, 5.74) is 2.86. The molecule has 0 saturated heterocycles. The highest BCUT2D eigenvalue weighted by atomic mass is 35.5. The molecule has 5 heteroatoms. The summed E-state index contributed by atoms with van der Waals surface area (Å²) in [6.07, 6.45) is 0.827. The van der Waals surface area contributed by atoms with Crippen molar-refractivity contribution in [1.29, 1.82) is 0 Å². The van der Waals surface area contributed by atoms with E-state index in [1.54, 1.807) is 0 Å². The Morgan fingerprint density at radius 1 is 1.25 bits per heavy atom. The number of anilines is 1. The fourth-order valence-corrected chi connectivity index (χ4v) is 3.40. The number of thiocarbonyl (C=S) groups is 1. The third kappa shape index (κ3) is 3.82. The molecule has 0 amide bonds. The minimum atomic E-state index is -0.252. The van der Waals surface area contributed by atoms with Gasteiger partial charge in [-0.25, -0.2) is 0 Å². The van der Waals surface area contributed by atoms with Crippen LogP contribution in [0.2, 0.25) is 5.02 Å². The zero-order valence-electron chi connectivity index (χ0n) is 14.0. The molecule has 0 saturated carbocycles. The van der Waals surface area contributed by atoms with E-state index in [2.05, 4.69) is 49.6 Å². The van der Waals surface area contributed by atoms with Crippen LogP contribution in [0.15, 0.2) is 42.5 Å². The molecule has 0 aliphatic carbocycles. The van der Waals surface area contributed by atoms with E-state index in [9.17, 15) is 0 Å². The number of nitrogens with one attached hydrogen (secondary N) is 2. The van der Waals surface area contributed by atoms with Crippen LogP contribution in [0.1, 0.15) is 37.4 Å². The lowest BCUT2D eigenvalue weighted by Crippen LogP contribution is -2.42.